The Morgan fingerprint density at radius 3 is 2.93 bits per heavy atom. The van der Waals surface area contributed by atoms with Crippen LogP contribution in [0.4, 0.5) is 0 Å². The lowest BCUT2D eigenvalue weighted by Gasteiger charge is -2.22. The molecule has 4 rings (SSSR count). The molecular formula is C21H21ClN2O3. The van der Waals surface area contributed by atoms with E-state index in [-0.39, 0.29) is 12.0 Å². The minimum Gasteiger partial charge on any atom is -0.463 e. The molecular weight excluding hydrogens is 364 g/mol. The second-order valence-electron chi connectivity index (χ2n) is 6.92. The van der Waals surface area contributed by atoms with E-state index in [1.54, 1.807) is 23.3 Å². The van der Waals surface area contributed by atoms with E-state index in [1.807, 2.05) is 32.2 Å². The Labute approximate surface area is 162 Å². The summed E-state index contributed by atoms with van der Waals surface area (Å²) < 4.78 is 11.2. The van der Waals surface area contributed by atoms with Crippen molar-refractivity contribution in [1.29, 1.82) is 0 Å². The van der Waals surface area contributed by atoms with Gasteiger partial charge in [-0.15, -0.1) is 0 Å². The van der Waals surface area contributed by atoms with Gasteiger partial charge in [-0.3, -0.25) is 4.79 Å². The lowest BCUT2D eigenvalue weighted by atomic mass is 10.0. The van der Waals surface area contributed by atoms with Crippen molar-refractivity contribution in [3.63, 3.8) is 0 Å². The Morgan fingerprint density at radius 1 is 1.37 bits per heavy atom. The van der Waals surface area contributed by atoms with Gasteiger partial charge in [0.25, 0.3) is 5.91 Å². The van der Waals surface area contributed by atoms with Crippen LogP contribution in [-0.2, 0) is 4.74 Å². The van der Waals surface area contributed by atoms with Crippen molar-refractivity contribution in [2.75, 3.05) is 20.2 Å². The molecule has 1 amide bonds. The molecule has 1 aliphatic rings. The second kappa shape index (κ2) is 7.33. The first-order chi connectivity index (χ1) is 13.0. The van der Waals surface area contributed by atoms with E-state index in [9.17, 15) is 4.79 Å². The number of likely N-dealkylation sites (N-methyl/N-ethyl adjacent to an activating group) is 1. The molecule has 0 saturated carbocycles. The first-order valence-electron chi connectivity index (χ1n) is 9.05. The van der Waals surface area contributed by atoms with Gasteiger partial charge in [-0.2, -0.15) is 0 Å². The van der Waals surface area contributed by atoms with Gasteiger partial charge < -0.3 is 14.1 Å². The monoisotopic (exact) mass is 384 g/mol. The number of pyridine rings is 1. The highest BCUT2D eigenvalue weighted by Gasteiger charge is 2.23. The van der Waals surface area contributed by atoms with Gasteiger partial charge in [0.05, 0.1) is 23.4 Å². The summed E-state index contributed by atoms with van der Waals surface area (Å²) in [5.74, 6) is 0.555. The molecule has 0 bridgehead atoms. The molecule has 2 aromatic heterocycles. The summed E-state index contributed by atoms with van der Waals surface area (Å²) in [4.78, 5) is 19.7. The standard InChI is InChI=1S/C21H21ClN2O3/c1-13-17(22)8-7-15-16(21(25)24(2)12-14-5-3-9-26-14)11-18(23-20(13)15)19-6-4-10-27-19/h4,6-8,10-11,14H,3,5,9,12H2,1-2H3. The van der Waals surface area contributed by atoms with Crippen LogP contribution in [0.1, 0.15) is 28.8 Å². The van der Waals surface area contributed by atoms with Gasteiger partial charge in [-0.25, -0.2) is 4.98 Å². The molecule has 0 N–H and O–H groups in total. The fourth-order valence-electron chi connectivity index (χ4n) is 3.51. The van der Waals surface area contributed by atoms with Crippen molar-refractivity contribution >= 4 is 28.4 Å². The minimum absolute atomic E-state index is 0.0626. The van der Waals surface area contributed by atoms with Gasteiger partial charge >= 0.3 is 0 Å². The van der Waals surface area contributed by atoms with Crippen LogP contribution in [0.15, 0.2) is 41.0 Å². The average molecular weight is 385 g/mol. The van der Waals surface area contributed by atoms with E-state index in [4.69, 9.17) is 25.7 Å². The van der Waals surface area contributed by atoms with Gasteiger partial charge in [-0.05, 0) is 49.6 Å². The lowest BCUT2D eigenvalue weighted by molar-refractivity contribution is 0.0588. The van der Waals surface area contributed by atoms with Crippen molar-refractivity contribution in [3.05, 3.63) is 52.7 Å². The van der Waals surface area contributed by atoms with E-state index in [0.29, 0.717) is 34.1 Å². The Hall–Kier alpha value is -2.37. The summed E-state index contributed by atoms with van der Waals surface area (Å²) in [5, 5.41) is 1.41. The molecule has 0 radical (unpaired) electrons. The summed E-state index contributed by atoms with van der Waals surface area (Å²) in [7, 11) is 1.81. The normalized spacial score (nSPS) is 16.8. The number of carbonyl (C=O) groups is 1. The molecule has 140 valence electrons. The maximum Gasteiger partial charge on any atom is 0.254 e. The molecule has 1 saturated heterocycles. The molecule has 1 aromatic carbocycles. The van der Waals surface area contributed by atoms with Crippen LogP contribution in [0.2, 0.25) is 5.02 Å². The molecule has 1 aliphatic heterocycles. The van der Waals surface area contributed by atoms with E-state index < -0.39 is 0 Å². The number of fused-ring (bicyclic) bond motifs is 1. The van der Waals surface area contributed by atoms with Crippen molar-refractivity contribution in [2.45, 2.75) is 25.9 Å². The zero-order valence-corrected chi connectivity index (χ0v) is 16.1. The fourth-order valence-corrected chi connectivity index (χ4v) is 3.67. The molecule has 1 atom stereocenters. The summed E-state index contributed by atoms with van der Waals surface area (Å²) in [5.41, 5.74) is 2.77. The molecule has 27 heavy (non-hydrogen) atoms. The number of ether oxygens (including phenoxy) is 1. The highest BCUT2D eigenvalue weighted by atomic mass is 35.5. The van der Waals surface area contributed by atoms with Gasteiger partial charge in [0.15, 0.2) is 5.76 Å². The lowest BCUT2D eigenvalue weighted by Crippen LogP contribution is -2.34. The molecule has 1 fully saturated rings. The molecule has 5 nitrogen and oxygen atoms in total. The maximum absolute atomic E-state index is 13.2. The van der Waals surface area contributed by atoms with Crippen LogP contribution in [-0.4, -0.2) is 42.1 Å². The second-order valence-corrected chi connectivity index (χ2v) is 7.33. The first-order valence-corrected chi connectivity index (χ1v) is 9.43. The summed E-state index contributed by atoms with van der Waals surface area (Å²) >= 11 is 6.30. The summed E-state index contributed by atoms with van der Waals surface area (Å²) in [6.07, 6.45) is 3.73. The summed E-state index contributed by atoms with van der Waals surface area (Å²) in [6.45, 7) is 3.25. The number of halogens is 1. The number of rotatable bonds is 4. The highest BCUT2D eigenvalue weighted by Crippen LogP contribution is 2.31. The summed E-state index contributed by atoms with van der Waals surface area (Å²) in [6, 6.07) is 9.10. The van der Waals surface area contributed by atoms with Gasteiger partial charge in [0.1, 0.15) is 5.69 Å². The molecule has 1 unspecified atom stereocenters. The van der Waals surface area contributed by atoms with E-state index in [1.165, 1.54) is 0 Å². The van der Waals surface area contributed by atoms with Crippen molar-refractivity contribution in [1.82, 2.24) is 9.88 Å². The van der Waals surface area contributed by atoms with Crippen LogP contribution >= 0.6 is 11.6 Å². The third-order valence-electron chi connectivity index (χ3n) is 5.02. The quantitative estimate of drug-likeness (QED) is 0.653. The zero-order chi connectivity index (χ0) is 19.0. The number of amides is 1. The Kier molecular flexibility index (Phi) is 4.89. The van der Waals surface area contributed by atoms with Crippen molar-refractivity contribution < 1.29 is 13.9 Å². The number of aromatic nitrogens is 1. The topological polar surface area (TPSA) is 55.6 Å². The number of hydrogen-bond donors (Lipinski definition) is 0. The van der Waals surface area contributed by atoms with E-state index in [0.717, 1.165) is 30.4 Å². The molecule has 0 aliphatic carbocycles. The fraction of sp³-hybridized carbons (Fsp3) is 0.333. The Morgan fingerprint density at radius 2 is 2.22 bits per heavy atom. The van der Waals surface area contributed by atoms with E-state index >= 15 is 0 Å². The van der Waals surface area contributed by atoms with Gasteiger partial charge in [0.2, 0.25) is 0 Å². The average Bonchev–Trinajstić information content (AvgIpc) is 3.37. The zero-order valence-electron chi connectivity index (χ0n) is 15.4. The van der Waals surface area contributed by atoms with Gasteiger partial charge in [0, 0.05) is 30.6 Å². The number of nitrogens with zero attached hydrogens (tertiary/aromatic N) is 2. The first kappa shape index (κ1) is 18.0. The van der Waals surface area contributed by atoms with E-state index in [2.05, 4.69) is 0 Å². The van der Waals surface area contributed by atoms with Crippen LogP contribution < -0.4 is 0 Å². The smallest absolute Gasteiger partial charge is 0.254 e. The third kappa shape index (κ3) is 3.45. The molecule has 0 spiro atoms. The maximum atomic E-state index is 13.2. The number of benzene rings is 1. The van der Waals surface area contributed by atoms with Crippen LogP contribution in [0.5, 0.6) is 0 Å². The van der Waals surface area contributed by atoms with Gasteiger partial charge in [-0.1, -0.05) is 17.7 Å². The number of hydrogen-bond acceptors (Lipinski definition) is 4. The minimum atomic E-state index is -0.0626. The van der Waals surface area contributed by atoms with Crippen LogP contribution in [0.25, 0.3) is 22.4 Å². The Bertz CT molecular complexity index is 979. The van der Waals surface area contributed by atoms with Crippen LogP contribution in [0, 0.1) is 6.92 Å². The highest BCUT2D eigenvalue weighted by molar-refractivity contribution is 6.32. The molecule has 6 heteroatoms. The molecule has 3 aromatic rings. The van der Waals surface area contributed by atoms with Crippen molar-refractivity contribution in [2.24, 2.45) is 0 Å². The Balaban J connectivity index is 1.80. The SMILES string of the molecule is Cc1c(Cl)ccc2c(C(=O)N(C)CC3CCCO3)cc(-c3ccco3)nc12. The predicted octanol–water partition coefficient (Wildman–Crippen LogP) is 4.71. The molecule has 3 heterocycles. The number of furan rings is 1. The van der Waals surface area contributed by atoms with Crippen molar-refractivity contribution in [3.8, 4) is 11.5 Å². The number of aryl methyl sites for hydroxylation is 1. The predicted molar refractivity (Wildman–Crippen MR) is 105 cm³/mol. The number of carbonyl (C=O) groups excluding carboxylic acids is 1. The largest absolute Gasteiger partial charge is 0.463 e. The van der Waals surface area contributed by atoms with Crippen LogP contribution in [0.3, 0.4) is 0 Å². The third-order valence-corrected chi connectivity index (χ3v) is 5.43.